The Kier molecular flexibility index (Phi) is 5.52. The summed E-state index contributed by atoms with van der Waals surface area (Å²) >= 11 is 6.29. The van der Waals surface area contributed by atoms with Crippen LogP contribution in [0.25, 0.3) is 22.3 Å². The van der Waals surface area contributed by atoms with Crippen LogP contribution in [0.3, 0.4) is 0 Å². The number of carbonyl (C=O) groups excluding carboxylic acids is 2. The Labute approximate surface area is 189 Å². The van der Waals surface area contributed by atoms with E-state index < -0.39 is 0 Å². The molecular formula is C21H23ClN8O2. The number of fused-ring (bicyclic) bond motifs is 1. The number of nitrogens with zero attached hydrogens (tertiary/aromatic N) is 4. The summed E-state index contributed by atoms with van der Waals surface area (Å²) in [4.78, 5) is 41.6. The second-order valence-electron chi connectivity index (χ2n) is 8.03. The van der Waals surface area contributed by atoms with Gasteiger partial charge in [-0.2, -0.15) is 0 Å². The second kappa shape index (κ2) is 8.62. The molecule has 0 unspecified atom stereocenters. The topological polar surface area (TPSA) is 128 Å². The van der Waals surface area contributed by atoms with Gasteiger partial charge in [0.15, 0.2) is 0 Å². The third kappa shape index (κ3) is 4.18. The third-order valence-electron chi connectivity index (χ3n) is 5.91. The fourth-order valence-corrected chi connectivity index (χ4v) is 4.45. The number of nitrogens with one attached hydrogen (secondary N) is 4. The molecule has 10 nitrogen and oxygen atoms in total. The van der Waals surface area contributed by atoms with E-state index in [0.29, 0.717) is 24.2 Å². The molecule has 2 fully saturated rings. The summed E-state index contributed by atoms with van der Waals surface area (Å²) < 4.78 is 0. The van der Waals surface area contributed by atoms with Crippen LogP contribution in [0.4, 0.5) is 15.5 Å². The molecule has 5 rings (SSSR count). The maximum absolute atomic E-state index is 12.3. The number of amides is 4. The van der Waals surface area contributed by atoms with Gasteiger partial charge in [0.2, 0.25) is 5.95 Å². The lowest BCUT2D eigenvalue weighted by atomic mass is 9.91. The van der Waals surface area contributed by atoms with E-state index >= 15 is 0 Å². The Morgan fingerprint density at radius 3 is 2.78 bits per heavy atom. The summed E-state index contributed by atoms with van der Waals surface area (Å²) in [6.07, 6.45) is 6.91. The van der Waals surface area contributed by atoms with Gasteiger partial charge >= 0.3 is 12.1 Å². The highest BCUT2D eigenvalue weighted by atomic mass is 35.5. The number of H-pyrrole nitrogens is 1. The van der Waals surface area contributed by atoms with Crippen molar-refractivity contribution in [1.29, 1.82) is 0 Å². The number of imide groups is 1. The minimum absolute atomic E-state index is 0.0449. The zero-order chi connectivity index (χ0) is 22.1. The van der Waals surface area contributed by atoms with Crippen molar-refractivity contribution in [3.05, 3.63) is 35.7 Å². The van der Waals surface area contributed by atoms with Crippen molar-refractivity contribution in [1.82, 2.24) is 35.5 Å². The molecule has 4 heterocycles. The number of hydrogen-bond acceptors (Lipinski definition) is 6. The van der Waals surface area contributed by atoms with E-state index in [4.69, 9.17) is 11.6 Å². The Morgan fingerprint density at radius 1 is 1.19 bits per heavy atom. The molecule has 4 N–H and O–H groups in total. The number of hydrogen-bond donors (Lipinski definition) is 4. The first kappa shape index (κ1) is 20.5. The van der Waals surface area contributed by atoms with Crippen LogP contribution in [0.5, 0.6) is 0 Å². The number of pyridine rings is 1. The molecule has 32 heavy (non-hydrogen) atoms. The molecule has 0 spiro atoms. The molecule has 0 atom stereocenters. The minimum Gasteiger partial charge on any atom is -0.351 e. The van der Waals surface area contributed by atoms with E-state index in [1.54, 1.807) is 12.3 Å². The summed E-state index contributed by atoms with van der Waals surface area (Å²) in [7, 11) is 0. The Bertz CT molecular complexity index is 1160. The van der Waals surface area contributed by atoms with Gasteiger partial charge in [-0.25, -0.2) is 29.4 Å². The van der Waals surface area contributed by atoms with Crippen LogP contribution >= 0.6 is 11.6 Å². The van der Waals surface area contributed by atoms with Crippen molar-refractivity contribution in [3.8, 4) is 11.3 Å². The maximum atomic E-state index is 12.3. The predicted octanol–water partition coefficient (Wildman–Crippen LogP) is 3.13. The fourth-order valence-electron chi connectivity index (χ4n) is 4.27. The van der Waals surface area contributed by atoms with Crippen LogP contribution in [-0.4, -0.2) is 62.1 Å². The molecule has 2 aliphatic rings. The van der Waals surface area contributed by atoms with Crippen molar-refractivity contribution in [2.45, 2.75) is 37.8 Å². The lowest BCUT2D eigenvalue weighted by molar-refractivity contribution is 0.193. The van der Waals surface area contributed by atoms with E-state index in [1.165, 1.54) is 4.90 Å². The van der Waals surface area contributed by atoms with Crippen LogP contribution in [-0.2, 0) is 0 Å². The predicted molar refractivity (Wildman–Crippen MR) is 120 cm³/mol. The van der Waals surface area contributed by atoms with Crippen molar-refractivity contribution < 1.29 is 9.59 Å². The molecule has 11 heteroatoms. The number of carbonyl (C=O) groups is 2. The number of rotatable bonds is 4. The number of halogens is 1. The van der Waals surface area contributed by atoms with E-state index in [1.807, 2.05) is 18.3 Å². The van der Waals surface area contributed by atoms with Crippen molar-refractivity contribution in [3.63, 3.8) is 0 Å². The number of anilines is 1. The zero-order valence-corrected chi connectivity index (χ0v) is 18.0. The molecule has 0 radical (unpaired) electrons. The summed E-state index contributed by atoms with van der Waals surface area (Å²) in [5, 5.41) is 10.3. The average Bonchev–Trinajstić information content (AvgIpc) is 3.41. The molecule has 4 amide bonds. The first-order chi connectivity index (χ1) is 15.6. The molecular weight excluding hydrogens is 432 g/mol. The van der Waals surface area contributed by atoms with E-state index in [-0.39, 0.29) is 24.1 Å². The molecule has 0 aromatic carbocycles. The van der Waals surface area contributed by atoms with Gasteiger partial charge in [-0.15, -0.1) is 0 Å². The highest BCUT2D eigenvalue weighted by Gasteiger charge is 2.29. The Hall–Kier alpha value is -3.40. The van der Waals surface area contributed by atoms with E-state index in [9.17, 15) is 9.59 Å². The molecule has 166 valence electrons. The maximum Gasteiger partial charge on any atom is 0.325 e. The molecule has 1 aliphatic carbocycles. The SMILES string of the molecule is O=C1NCCN1C(=O)N[C@H]1CC[C@H](Nc2nc(Cl)cc(-c3c[nH]c4ncccc34)n2)CC1. The van der Waals surface area contributed by atoms with Crippen molar-refractivity contribution >= 4 is 40.6 Å². The van der Waals surface area contributed by atoms with E-state index in [2.05, 4.69) is 35.9 Å². The molecule has 1 saturated heterocycles. The first-order valence-electron chi connectivity index (χ1n) is 10.7. The molecule has 1 saturated carbocycles. The van der Waals surface area contributed by atoms with Crippen LogP contribution in [0.1, 0.15) is 25.7 Å². The monoisotopic (exact) mass is 454 g/mol. The minimum atomic E-state index is -0.335. The quantitative estimate of drug-likeness (QED) is 0.448. The first-order valence-corrected chi connectivity index (χ1v) is 11.0. The van der Waals surface area contributed by atoms with Gasteiger partial charge in [-0.05, 0) is 37.8 Å². The normalized spacial score (nSPS) is 20.9. The zero-order valence-electron chi connectivity index (χ0n) is 17.3. The van der Waals surface area contributed by atoms with Gasteiger partial charge in [0.05, 0.1) is 5.69 Å². The summed E-state index contributed by atoms with van der Waals surface area (Å²) in [6, 6.07) is 5.17. The highest BCUT2D eigenvalue weighted by molar-refractivity contribution is 6.29. The van der Waals surface area contributed by atoms with Crippen LogP contribution in [0.2, 0.25) is 5.15 Å². The molecule has 3 aromatic heterocycles. The van der Waals surface area contributed by atoms with E-state index in [0.717, 1.165) is 48.0 Å². The largest absolute Gasteiger partial charge is 0.351 e. The summed E-state index contributed by atoms with van der Waals surface area (Å²) in [5.74, 6) is 0.479. The van der Waals surface area contributed by atoms with Gasteiger partial charge in [0.1, 0.15) is 10.8 Å². The van der Waals surface area contributed by atoms with Gasteiger partial charge in [0.25, 0.3) is 0 Å². The van der Waals surface area contributed by atoms with Crippen LogP contribution < -0.4 is 16.0 Å². The number of urea groups is 2. The Morgan fingerprint density at radius 2 is 2.00 bits per heavy atom. The van der Waals surface area contributed by atoms with Gasteiger partial charge in [-0.3, -0.25) is 0 Å². The van der Waals surface area contributed by atoms with Gasteiger partial charge < -0.3 is 20.9 Å². The highest BCUT2D eigenvalue weighted by Crippen LogP contribution is 2.29. The third-order valence-corrected chi connectivity index (χ3v) is 6.11. The standard InChI is InChI=1S/C21H23ClN8O2/c22-17-10-16(15-11-25-18-14(15)2-1-7-23-18)28-19(29-17)26-12-3-5-13(6-4-12)27-21(32)30-9-8-24-20(30)31/h1-2,7,10-13H,3-6,8-9H2,(H,23,25)(H,24,31)(H,27,32)(H,26,28,29)/t12-,13-. The van der Waals surface area contributed by atoms with Crippen molar-refractivity contribution in [2.24, 2.45) is 0 Å². The van der Waals surface area contributed by atoms with Crippen LogP contribution in [0, 0.1) is 0 Å². The Balaban J connectivity index is 1.22. The fraction of sp³-hybridized carbons (Fsp3) is 0.381. The smallest absolute Gasteiger partial charge is 0.325 e. The lowest BCUT2D eigenvalue weighted by Gasteiger charge is -2.30. The summed E-state index contributed by atoms with van der Waals surface area (Å²) in [6.45, 7) is 0.905. The lowest BCUT2D eigenvalue weighted by Crippen LogP contribution is -2.48. The van der Waals surface area contributed by atoms with Gasteiger partial charge in [-0.1, -0.05) is 11.6 Å². The molecule has 0 bridgehead atoms. The number of aromatic amines is 1. The van der Waals surface area contributed by atoms with Crippen molar-refractivity contribution in [2.75, 3.05) is 18.4 Å². The average molecular weight is 455 g/mol. The number of aromatic nitrogens is 4. The summed E-state index contributed by atoms with van der Waals surface area (Å²) in [5.41, 5.74) is 2.42. The van der Waals surface area contributed by atoms with Gasteiger partial charge in [0, 0.05) is 54.6 Å². The second-order valence-corrected chi connectivity index (χ2v) is 8.41. The molecule has 3 aromatic rings. The van der Waals surface area contributed by atoms with Crippen LogP contribution in [0.15, 0.2) is 30.6 Å². The molecule has 1 aliphatic heterocycles.